The number of aryl methyl sites for hydroxylation is 2. The number of carbonyl (C=O) groups is 3. The zero-order valence-electron chi connectivity index (χ0n) is 14.9. The molecule has 3 atom stereocenters. The minimum atomic E-state index is -0.810. The molecule has 1 saturated heterocycles. The molecular formula is C20H24N2O3. The van der Waals surface area contributed by atoms with Gasteiger partial charge in [-0.15, -0.1) is 0 Å². The number of likely N-dealkylation sites (tertiary alicyclic amines) is 1. The Morgan fingerprint density at radius 1 is 1.20 bits per heavy atom. The summed E-state index contributed by atoms with van der Waals surface area (Å²) in [4.78, 5) is 39.2. The molecule has 2 aliphatic rings. The lowest BCUT2D eigenvalue weighted by molar-refractivity contribution is -0.146. The van der Waals surface area contributed by atoms with Crippen molar-refractivity contribution in [2.45, 2.75) is 46.1 Å². The number of hydrogen-bond donors (Lipinski definition) is 1. The number of imide groups is 1. The molecule has 0 bridgehead atoms. The maximum Gasteiger partial charge on any atom is 0.247 e. The highest BCUT2D eigenvalue weighted by atomic mass is 16.2. The Morgan fingerprint density at radius 2 is 1.80 bits per heavy atom. The summed E-state index contributed by atoms with van der Waals surface area (Å²) in [6, 6.07) is 5.05. The first-order valence-corrected chi connectivity index (χ1v) is 8.87. The van der Waals surface area contributed by atoms with E-state index < -0.39 is 6.04 Å². The second-order valence-corrected chi connectivity index (χ2v) is 6.83. The summed E-state index contributed by atoms with van der Waals surface area (Å²) in [5.74, 6) is -1.38. The molecule has 5 heteroatoms. The standard InChI is InChI=1S/C20H24N2O3/c1-4-14-9-7-8-12(2)17(14)21-18(23)13(3)22-19(24)15-10-5-6-11-16(15)20(22)25/h5-9,13,15-16H,4,10-11H2,1-3H3,(H,21,23)/t13-,15-,16-/m0/s1. The Bertz CT molecular complexity index is 727. The molecule has 0 radical (unpaired) electrons. The van der Waals surface area contributed by atoms with Gasteiger partial charge in [0.05, 0.1) is 11.8 Å². The summed E-state index contributed by atoms with van der Waals surface area (Å²) in [7, 11) is 0. The molecule has 1 fully saturated rings. The first kappa shape index (κ1) is 17.4. The van der Waals surface area contributed by atoms with Crippen LogP contribution in [0.4, 0.5) is 5.69 Å². The Hall–Kier alpha value is -2.43. The molecule has 0 aromatic heterocycles. The van der Waals surface area contributed by atoms with Crippen LogP contribution >= 0.6 is 0 Å². The van der Waals surface area contributed by atoms with Crippen LogP contribution < -0.4 is 5.32 Å². The summed E-state index contributed by atoms with van der Waals surface area (Å²) in [5.41, 5.74) is 2.79. The van der Waals surface area contributed by atoms with E-state index in [2.05, 4.69) is 5.32 Å². The molecule has 1 aliphatic carbocycles. The number of hydrogen-bond acceptors (Lipinski definition) is 3. The first-order chi connectivity index (χ1) is 12.0. The van der Waals surface area contributed by atoms with Gasteiger partial charge < -0.3 is 5.32 Å². The molecule has 3 rings (SSSR count). The zero-order chi connectivity index (χ0) is 18.1. The molecule has 3 amide bonds. The van der Waals surface area contributed by atoms with E-state index in [-0.39, 0.29) is 29.6 Å². The van der Waals surface area contributed by atoms with E-state index in [0.29, 0.717) is 12.8 Å². The van der Waals surface area contributed by atoms with Crippen LogP contribution in [-0.4, -0.2) is 28.7 Å². The SMILES string of the molecule is CCc1cccc(C)c1NC(=O)[C@H](C)N1C(=O)[C@H]2CC=CC[C@@H]2C1=O. The topological polar surface area (TPSA) is 66.5 Å². The third-order valence-corrected chi connectivity index (χ3v) is 5.30. The lowest BCUT2D eigenvalue weighted by Crippen LogP contribution is -2.46. The van der Waals surface area contributed by atoms with E-state index in [4.69, 9.17) is 0 Å². The fraction of sp³-hybridized carbons (Fsp3) is 0.450. The van der Waals surface area contributed by atoms with Crippen LogP contribution in [0.2, 0.25) is 0 Å². The van der Waals surface area contributed by atoms with Crippen LogP contribution in [-0.2, 0) is 20.8 Å². The number of nitrogens with one attached hydrogen (secondary N) is 1. The molecule has 1 heterocycles. The van der Waals surface area contributed by atoms with E-state index in [9.17, 15) is 14.4 Å². The number of allylic oxidation sites excluding steroid dienone is 2. The second-order valence-electron chi connectivity index (χ2n) is 6.83. The first-order valence-electron chi connectivity index (χ1n) is 8.87. The molecule has 1 aromatic carbocycles. The van der Waals surface area contributed by atoms with Gasteiger partial charge in [0.2, 0.25) is 17.7 Å². The van der Waals surface area contributed by atoms with E-state index >= 15 is 0 Å². The number of para-hydroxylation sites is 1. The van der Waals surface area contributed by atoms with E-state index in [1.165, 1.54) is 4.90 Å². The summed E-state index contributed by atoms with van der Waals surface area (Å²) in [6.45, 7) is 5.59. The molecule has 0 unspecified atom stereocenters. The molecular weight excluding hydrogens is 316 g/mol. The molecule has 0 spiro atoms. The molecule has 5 nitrogen and oxygen atoms in total. The number of rotatable bonds is 4. The molecule has 1 aromatic rings. The van der Waals surface area contributed by atoms with Crippen molar-refractivity contribution >= 4 is 23.4 Å². The third kappa shape index (κ3) is 2.99. The maximum absolute atomic E-state index is 12.7. The fourth-order valence-electron chi connectivity index (χ4n) is 3.75. The van der Waals surface area contributed by atoms with Gasteiger partial charge in [0, 0.05) is 5.69 Å². The molecule has 25 heavy (non-hydrogen) atoms. The van der Waals surface area contributed by atoms with Gasteiger partial charge in [0.15, 0.2) is 0 Å². The zero-order valence-corrected chi connectivity index (χ0v) is 14.9. The minimum absolute atomic E-state index is 0.220. The second kappa shape index (κ2) is 6.82. The minimum Gasteiger partial charge on any atom is -0.324 e. The smallest absolute Gasteiger partial charge is 0.247 e. The van der Waals surface area contributed by atoms with Gasteiger partial charge in [0.25, 0.3) is 0 Å². The van der Waals surface area contributed by atoms with Crippen LogP contribution in [0, 0.1) is 18.8 Å². The monoisotopic (exact) mass is 340 g/mol. The quantitative estimate of drug-likeness (QED) is 0.677. The van der Waals surface area contributed by atoms with Crippen LogP contribution in [0.3, 0.4) is 0 Å². The van der Waals surface area contributed by atoms with Crippen LogP contribution in [0.1, 0.15) is 37.8 Å². The number of nitrogens with zero attached hydrogens (tertiary/aromatic N) is 1. The van der Waals surface area contributed by atoms with Gasteiger partial charge in [-0.3, -0.25) is 19.3 Å². The number of anilines is 1. The predicted octanol–water partition coefficient (Wildman–Crippen LogP) is 2.84. The van der Waals surface area contributed by atoms with Crippen molar-refractivity contribution in [1.29, 1.82) is 0 Å². The van der Waals surface area contributed by atoms with Crippen molar-refractivity contribution in [3.63, 3.8) is 0 Å². The average molecular weight is 340 g/mol. The lowest BCUT2D eigenvalue weighted by Gasteiger charge is -2.23. The van der Waals surface area contributed by atoms with Crippen molar-refractivity contribution in [2.75, 3.05) is 5.32 Å². The van der Waals surface area contributed by atoms with Crippen molar-refractivity contribution in [1.82, 2.24) is 4.90 Å². The van der Waals surface area contributed by atoms with Crippen LogP contribution in [0.15, 0.2) is 30.4 Å². The van der Waals surface area contributed by atoms with Crippen molar-refractivity contribution < 1.29 is 14.4 Å². The highest BCUT2D eigenvalue weighted by molar-refractivity contribution is 6.10. The Kier molecular flexibility index (Phi) is 4.75. The normalized spacial score (nSPS) is 23.6. The van der Waals surface area contributed by atoms with E-state index in [1.807, 2.05) is 44.2 Å². The molecule has 1 N–H and O–H groups in total. The Labute approximate surface area is 148 Å². The predicted molar refractivity (Wildman–Crippen MR) is 95.9 cm³/mol. The van der Waals surface area contributed by atoms with E-state index in [0.717, 1.165) is 23.2 Å². The van der Waals surface area contributed by atoms with Gasteiger partial charge in [-0.2, -0.15) is 0 Å². The number of amides is 3. The van der Waals surface area contributed by atoms with Gasteiger partial charge in [0.1, 0.15) is 6.04 Å². The van der Waals surface area contributed by atoms with Crippen LogP contribution in [0.5, 0.6) is 0 Å². The van der Waals surface area contributed by atoms with Crippen molar-refractivity contribution in [3.8, 4) is 0 Å². The summed E-state index contributed by atoms with van der Waals surface area (Å²) >= 11 is 0. The largest absolute Gasteiger partial charge is 0.324 e. The molecule has 1 aliphatic heterocycles. The highest BCUT2D eigenvalue weighted by Gasteiger charge is 2.50. The number of carbonyl (C=O) groups excluding carboxylic acids is 3. The fourth-order valence-corrected chi connectivity index (χ4v) is 3.75. The van der Waals surface area contributed by atoms with Gasteiger partial charge in [-0.25, -0.2) is 0 Å². The lowest BCUT2D eigenvalue weighted by atomic mass is 9.85. The van der Waals surface area contributed by atoms with Gasteiger partial charge in [-0.05, 0) is 44.2 Å². The van der Waals surface area contributed by atoms with Gasteiger partial charge in [-0.1, -0.05) is 37.3 Å². The summed E-state index contributed by atoms with van der Waals surface area (Å²) < 4.78 is 0. The third-order valence-electron chi connectivity index (χ3n) is 5.30. The Morgan fingerprint density at radius 3 is 2.36 bits per heavy atom. The number of benzene rings is 1. The van der Waals surface area contributed by atoms with Crippen molar-refractivity contribution in [2.24, 2.45) is 11.8 Å². The van der Waals surface area contributed by atoms with E-state index in [1.54, 1.807) is 6.92 Å². The Balaban J connectivity index is 1.80. The summed E-state index contributed by atoms with van der Waals surface area (Å²) in [5, 5.41) is 2.93. The average Bonchev–Trinajstić information content (AvgIpc) is 2.87. The number of fused-ring (bicyclic) bond motifs is 1. The van der Waals surface area contributed by atoms with Crippen LogP contribution in [0.25, 0.3) is 0 Å². The molecule has 132 valence electrons. The highest BCUT2D eigenvalue weighted by Crippen LogP contribution is 2.36. The molecule has 0 saturated carbocycles. The van der Waals surface area contributed by atoms with Crippen molar-refractivity contribution in [3.05, 3.63) is 41.5 Å². The summed E-state index contributed by atoms with van der Waals surface area (Å²) in [6.07, 6.45) is 5.85. The maximum atomic E-state index is 12.7. The van der Waals surface area contributed by atoms with Gasteiger partial charge >= 0.3 is 0 Å².